The topological polar surface area (TPSA) is 65.7 Å². The molecule has 0 saturated carbocycles. The minimum atomic E-state index is -5.10. The molecule has 30 heavy (non-hydrogen) atoms. The smallest absolute Gasteiger partial charge is 0.434 e. The van der Waals surface area contributed by atoms with Crippen LogP contribution in [0, 0.1) is 5.82 Å². The number of fused-ring (bicyclic) bond motifs is 1. The predicted molar refractivity (Wildman–Crippen MR) is 87.8 cm³/mol. The van der Waals surface area contributed by atoms with E-state index in [4.69, 9.17) is 4.74 Å². The molecule has 0 bridgehead atoms. The Morgan fingerprint density at radius 1 is 1.13 bits per heavy atom. The minimum Gasteiger partial charge on any atom is -0.497 e. The van der Waals surface area contributed by atoms with E-state index in [0.717, 1.165) is 16.7 Å². The molecule has 13 heteroatoms. The van der Waals surface area contributed by atoms with E-state index < -0.39 is 53.0 Å². The Balaban J connectivity index is 2.18. The van der Waals surface area contributed by atoms with E-state index in [2.05, 4.69) is 14.7 Å². The summed E-state index contributed by atoms with van der Waals surface area (Å²) in [6.07, 6.45) is -8.18. The third-order valence-corrected chi connectivity index (χ3v) is 3.77. The van der Waals surface area contributed by atoms with Crippen molar-refractivity contribution in [3.63, 3.8) is 0 Å². The van der Waals surface area contributed by atoms with Crippen LogP contribution in [0.15, 0.2) is 35.4 Å². The van der Waals surface area contributed by atoms with Crippen molar-refractivity contribution in [2.24, 2.45) is 0 Å². The van der Waals surface area contributed by atoms with Crippen LogP contribution in [0.4, 0.5) is 30.7 Å². The molecule has 3 heterocycles. The Morgan fingerprint density at radius 2 is 1.83 bits per heavy atom. The quantitative estimate of drug-likeness (QED) is 0.580. The summed E-state index contributed by atoms with van der Waals surface area (Å²) in [6.45, 7) is -1.86. The largest absolute Gasteiger partial charge is 0.497 e. The highest BCUT2D eigenvalue weighted by molar-refractivity contribution is 5.67. The molecule has 0 aliphatic heterocycles. The van der Waals surface area contributed by atoms with Gasteiger partial charge in [-0.15, -0.1) is 0 Å². The number of ether oxygens (including phenoxy) is 2. The number of pyridine rings is 2. The molecule has 0 aliphatic rings. The van der Waals surface area contributed by atoms with Crippen LogP contribution in [0.5, 0.6) is 11.6 Å². The fourth-order valence-corrected chi connectivity index (χ4v) is 2.53. The van der Waals surface area contributed by atoms with E-state index in [-0.39, 0.29) is 11.4 Å². The van der Waals surface area contributed by atoms with Crippen molar-refractivity contribution in [3.8, 4) is 22.8 Å². The van der Waals surface area contributed by atoms with Crippen molar-refractivity contribution in [3.05, 3.63) is 52.5 Å². The zero-order valence-corrected chi connectivity index (χ0v) is 14.8. The van der Waals surface area contributed by atoms with Crippen LogP contribution in [0.25, 0.3) is 16.8 Å². The van der Waals surface area contributed by atoms with Crippen molar-refractivity contribution in [1.82, 2.24) is 14.4 Å². The highest BCUT2D eigenvalue weighted by Crippen LogP contribution is 2.35. The molecule has 0 unspecified atom stereocenters. The van der Waals surface area contributed by atoms with Crippen LogP contribution in [0.1, 0.15) is 5.69 Å². The fourth-order valence-electron chi connectivity index (χ4n) is 2.53. The van der Waals surface area contributed by atoms with Gasteiger partial charge >= 0.3 is 12.4 Å². The summed E-state index contributed by atoms with van der Waals surface area (Å²) in [5.74, 6) is -2.42. The van der Waals surface area contributed by atoms with E-state index >= 15 is 0 Å². The molecule has 0 aromatic carbocycles. The van der Waals surface area contributed by atoms with Gasteiger partial charge in [-0.05, 0) is 12.1 Å². The number of hydrogen-bond acceptors (Lipinski definition) is 5. The lowest BCUT2D eigenvalue weighted by atomic mass is 10.1. The maximum Gasteiger partial charge on any atom is 0.434 e. The number of halogens is 7. The molecule has 6 nitrogen and oxygen atoms in total. The van der Waals surface area contributed by atoms with Gasteiger partial charge in [-0.1, -0.05) is 0 Å². The fraction of sp³-hybridized carbons (Fsp3) is 0.235. The van der Waals surface area contributed by atoms with Crippen LogP contribution >= 0.6 is 0 Å². The number of alkyl halides is 6. The summed E-state index contributed by atoms with van der Waals surface area (Å²) >= 11 is 0. The van der Waals surface area contributed by atoms with E-state index in [1.54, 1.807) is 0 Å². The van der Waals surface area contributed by atoms with E-state index in [9.17, 15) is 35.5 Å². The molecule has 0 spiro atoms. The maximum absolute atomic E-state index is 14.1. The lowest BCUT2D eigenvalue weighted by Gasteiger charge is -2.14. The molecule has 3 aromatic heterocycles. The highest BCUT2D eigenvalue weighted by atomic mass is 19.4. The first-order chi connectivity index (χ1) is 13.9. The number of rotatable bonds is 4. The Hall–Kier alpha value is -3.38. The summed E-state index contributed by atoms with van der Waals surface area (Å²) in [5.41, 5.74) is -4.86. The molecule has 0 radical (unpaired) electrons. The van der Waals surface area contributed by atoms with Gasteiger partial charge in [-0.3, -0.25) is 9.20 Å². The lowest BCUT2D eigenvalue weighted by molar-refractivity contribution is -0.154. The standard InChI is InChI=1S/C17H10F7N3O3/c1-29-9-2-3-27-11(5-9)26-13(17(22,23)24)12(15(27)28)8-4-10(18)14(25-6-8)30-7-16(19,20)21/h2-6H,7H2,1H3. The van der Waals surface area contributed by atoms with Gasteiger partial charge < -0.3 is 9.47 Å². The third kappa shape index (κ3) is 4.28. The Bertz CT molecular complexity index is 1160. The molecule has 0 N–H and O–H groups in total. The van der Waals surface area contributed by atoms with Gasteiger partial charge in [0.15, 0.2) is 18.1 Å². The van der Waals surface area contributed by atoms with Crippen molar-refractivity contribution < 1.29 is 40.2 Å². The summed E-state index contributed by atoms with van der Waals surface area (Å²) in [7, 11) is 1.26. The lowest BCUT2D eigenvalue weighted by Crippen LogP contribution is -2.24. The second-order valence-electron chi connectivity index (χ2n) is 5.85. The average molecular weight is 437 g/mol. The molecule has 160 valence electrons. The Kier molecular flexibility index (Phi) is 5.31. The normalized spacial score (nSPS) is 12.3. The van der Waals surface area contributed by atoms with Crippen LogP contribution in [0.3, 0.4) is 0 Å². The van der Waals surface area contributed by atoms with Gasteiger partial charge in [0, 0.05) is 24.0 Å². The van der Waals surface area contributed by atoms with Crippen LogP contribution in [-0.4, -0.2) is 34.3 Å². The van der Waals surface area contributed by atoms with Gasteiger partial charge in [0.05, 0.1) is 12.7 Å². The van der Waals surface area contributed by atoms with Gasteiger partial charge in [0.2, 0.25) is 0 Å². The zero-order valence-electron chi connectivity index (χ0n) is 14.8. The summed E-state index contributed by atoms with van der Waals surface area (Å²) in [6, 6.07) is 2.80. The van der Waals surface area contributed by atoms with Crippen LogP contribution < -0.4 is 15.0 Å². The summed E-state index contributed by atoms with van der Waals surface area (Å²) in [5, 5.41) is 0. The van der Waals surface area contributed by atoms with Crippen molar-refractivity contribution >= 4 is 5.65 Å². The van der Waals surface area contributed by atoms with E-state index in [1.807, 2.05) is 0 Å². The SMILES string of the molecule is COc1ccn2c(=O)c(-c3cnc(OCC(F)(F)F)c(F)c3)c(C(F)(F)F)nc2c1. The number of methoxy groups -OCH3 is 1. The molecular weight excluding hydrogens is 427 g/mol. The molecule has 0 saturated heterocycles. The van der Waals surface area contributed by atoms with Gasteiger partial charge in [-0.2, -0.15) is 26.3 Å². The number of hydrogen-bond donors (Lipinski definition) is 0. The molecule has 3 rings (SSSR count). The summed E-state index contributed by atoms with van der Waals surface area (Å²) in [4.78, 5) is 19.4. The second kappa shape index (κ2) is 7.46. The first kappa shape index (κ1) is 21.3. The highest BCUT2D eigenvalue weighted by Gasteiger charge is 2.38. The van der Waals surface area contributed by atoms with Gasteiger partial charge in [-0.25, -0.2) is 14.4 Å². The van der Waals surface area contributed by atoms with Crippen molar-refractivity contribution in [2.75, 3.05) is 13.7 Å². The average Bonchev–Trinajstić information content (AvgIpc) is 2.65. The first-order valence-corrected chi connectivity index (χ1v) is 7.94. The van der Waals surface area contributed by atoms with Crippen molar-refractivity contribution in [1.29, 1.82) is 0 Å². The van der Waals surface area contributed by atoms with Gasteiger partial charge in [0.1, 0.15) is 11.4 Å². The van der Waals surface area contributed by atoms with Crippen molar-refractivity contribution in [2.45, 2.75) is 12.4 Å². The molecule has 0 atom stereocenters. The Labute approximate surface area is 162 Å². The van der Waals surface area contributed by atoms with Gasteiger partial charge in [0.25, 0.3) is 11.4 Å². The predicted octanol–water partition coefficient (Wildman–Crippen LogP) is 3.86. The molecule has 0 amide bonds. The molecule has 0 fully saturated rings. The van der Waals surface area contributed by atoms with Crippen LogP contribution in [0.2, 0.25) is 0 Å². The van der Waals surface area contributed by atoms with Crippen LogP contribution in [-0.2, 0) is 6.18 Å². The van der Waals surface area contributed by atoms with E-state index in [0.29, 0.717) is 12.3 Å². The summed E-state index contributed by atoms with van der Waals surface area (Å²) < 4.78 is 101. The van der Waals surface area contributed by atoms with E-state index in [1.165, 1.54) is 13.2 Å². The monoisotopic (exact) mass is 437 g/mol. The first-order valence-electron chi connectivity index (χ1n) is 7.94. The maximum atomic E-state index is 14.1. The minimum absolute atomic E-state index is 0.140. The molecule has 0 aliphatic carbocycles. The molecular formula is C17H10F7N3O3. The number of nitrogens with zero attached hydrogens (tertiary/aromatic N) is 3. The third-order valence-electron chi connectivity index (χ3n) is 3.77. The second-order valence-corrected chi connectivity index (χ2v) is 5.85. The molecule has 3 aromatic rings. The Morgan fingerprint density at radius 3 is 2.40 bits per heavy atom. The number of aromatic nitrogens is 3. The zero-order chi connectivity index (χ0) is 22.3.